The fourth-order valence-electron chi connectivity index (χ4n) is 0.974. The second kappa shape index (κ2) is 4.75. The van der Waals surface area contributed by atoms with Gasteiger partial charge in [-0.05, 0) is 29.9 Å². The van der Waals surface area contributed by atoms with E-state index < -0.39 is 6.10 Å². The Morgan fingerprint density at radius 1 is 1.33 bits per heavy atom. The molecule has 0 aliphatic heterocycles. The summed E-state index contributed by atoms with van der Waals surface area (Å²) in [5.41, 5.74) is 0.897. The summed E-state index contributed by atoms with van der Waals surface area (Å²) in [6.07, 6.45) is 0.254. The zero-order chi connectivity index (χ0) is 8.97. The Balaban J connectivity index is 2.68. The van der Waals surface area contributed by atoms with Gasteiger partial charge in [-0.3, -0.25) is 0 Å². The minimum atomic E-state index is -0.417. The highest BCUT2D eigenvalue weighted by Crippen LogP contribution is 2.18. The van der Waals surface area contributed by atoms with Crippen LogP contribution in [0.3, 0.4) is 0 Å². The summed E-state index contributed by atoms with van der Waals surface area (Å²) in [5.74, 6) is 0.684. The summed E-state index contributed by atoms with van der Waals surface area (Å²) in [7, 11) is 0. The molecule has 1 atom stereocenters. The average Bonchev–Trinajstić information content (AvgIpc) is 2.06. The molecule has 0 aliphatic rings. The van der Waals surface area contributed by atoms with Crippen molar-refractivity contribution >= 4 is 24.2 Å². The van der Waals surface area contributed by atoms with Gasteiger partial charge in [0.15, 0.2) is 0 Å². The molecule has 0 heterocycles. The van der Waals surface area contributed by atoms with Gasteiger partial charge in [-0.25, -0.2) is 0 Å². The topological polar surface area (TPSA) is 20.2 Å². The summed E-state index contributed by atoms with van der Waals surface area (Å²) in [5, 5.41) is 10.2. The molecule has 1 aromatic rings. The number of hydrogen-bond donors (Lipinski definition) is 2. The Morgan fingerprint density at radius 2 is 1.92 bits per heavy atom. The summed E-state index contributed by atoms with van der Waals surface area (Å²) < 4.78 is 0. The molecule has 0 aromatic heterocycles. The van der Waals surface area contributed by atoms with E-state index in [1.165, 1.54) is 0 Å². The van der Waals surface area contributed by atoms with Crippen LogP contribution in [0, 0.1) is 0 Å². The summed E-state index contributed by atoms with van der Waals surface area (Å²) >= 11 is 9.74. The molecule has 0 fully saturated rings. The summed E-state index contributed by atoms with van der Waals surface area (Å²) in [6, 6.07) is 7.21. The smallest absolute Gasteiger partial charge is 0.0797 e. The van der Waals surface area contributed by atoms with Gasteiger partial charge in [0.05, 0.1) is 6.10 Å². The van der Waals surface area contributed by atoms with E-state index in [1.54, 1.807) is 12.1 Å². The third kappa shape index (κ3) is 2.70. The fraction of sp³-hybridized carbons (Fsp3) is 0.333. The molecule has 0 saturated carbocycles. The van der Waals surface area contributed by atoms with E-state index in [2.05, 4.69) is 12.6 Å². The molecule has 1 unspecified atom stereocenters. The third-order valence-electron chi connectivity index (χ3n) is 1.66. The van der Waals surface area contributed by atoms with Crippen molar-refractivity contribution in [2.75, 3.05) is 5.75 Å². The third-order valence-corrected chi connectivity index (χ3v) is 2.17. The standard InChI is InChI=1S/C9H11ClOS/c10-8-3-1-7(2-4-8)9(11)5-6-12/h1-4,9,11-12H,5-6H2. The highest BCUT2D eigenvalue weighted by Gasteiger charge is 2.04. The molecule has 1 aromatic carbocycles. The number of aliphatic hydroxyl groups excluding tert-OH is 1. The number of halogens is 1. The molecule has 0 bridgehead atoms. The van der Waals surface area contributed by atoms with Crippen LogP contribution in [0.1, 0.15) is 18.1 Å². The quantitative estimate of drug-likeness (QED) is 0.723. The Morgan fingerprint density at radius 3 is 2.42 bits per heavy atom. The molecule has 66 valence electrons. The van der Waals surface area contributed by atoms with E-state index in [0.717, 1.165) is 5.56 Å². The van der Waals surface area contributed by atoms with E-state index in [9.17, 15) is 5.11 Å². The lowest BCUT2D eigenvalue weighted by atomic mass is 10.1. The SMILES string of the molecule is OC(CCS)c1ccc(Cl)cc1. The second-order valence-electron chi connectivity index (χ2n) is 2.58. The first kappa shape index (κ1) is 9.90. The van der Waals surface area contributed by atoms with Gasteiger partial charge in [0.25, 0.3) is 0 Å². The van der Waals surface area contributed by atoms with Crippen molar-refractivity contribution in [3.05, 3.63) is 34.9 Å². The average molecular weight is 203 g/mol. The van der Waals surface area contributed by atoms with Crippen LogP contribution in [0.4, 0.5) is 0 Å². The number of rotatable bonds is 3. The molecule has 0 aliphatic carbocycles. The largest absolute Gasteiger partial charge is 0.388 e. The lowest BCUT2D eigenvalue weighted by Gasteiger charge is -2.08. The van der Waals surface area contributed by atoms with Crippen molar-refractivity contribution in [1.82, 2.24) is 0 Å². The molecule has 0 radical (unpaired) electrons. The van der Waals surface area contributed by atoms with Gasteiger partial charge in [0.1, 0.15) is 0 Å². The van der Waals surface area contributed by atoms with E-state index in [1.807, 2.05) is 12.1 Å². The second-order valence-corrected chi connectivity index (χ2v) is 3.46. The first-order valence-corrected chi connectivity index (χ1v) is 4.79. The normalized spacial score (nSPS) is 12.9. The zero-order valence-electron chi connectivity index (χ0n) is 6.57. The molecular formula is C9H11ClOS. The molecule has 0 spiro atoms. The van der Waals surface area contributed by atoms with Crippen molar-refractivity contribution in [3.63, 3.8) is 0 Å². The molecule has 1 N–H and O–H groups in total. The first-order chi connectivity index (χ1) is 5.74. The first-order valence-electron chi connectivity index (χ1n) is 3.78. The van der Waals surface area contributed by atoms with Crippen molar-refractivity contribution < 1.29 is 5.11 Å². The molecule has 0 amide bonds. The zero-order valence-corrected chi connectivity index (χ0v) is 8.22. The van der Waals surface area contributed by atoms with Gasteiger partial charge in [-0.1, -0.05) is 23.7 Å². The summed E-state index contributed by atoms with van der Waals surface area (Å²) in [6.45, 7) is 0. The minimum absolute atomic E-state index is 0.417. The van der Waals surface area contributed by atoms with Crippen LogP contribution in [0.15, 0.2) is 24.3 Å². The van der Waals surface area contributed by atoms with Crippen LogP contribution < -0.4 is 0 Å². The van der Waals surface area contributed by atoms with Gasteiger partial charge in [-0.2, -0.15) is 12.6 Å². The molecule has 0 saturated heterocycles. The molecular weight excluding hydrogens is 192 g/mol. The van der Waals surface area contributed by atoms with Gasteiger partial charge in [0.2, 0.25) is 0 Å². The monoisotopic (exact) mass is 202 g/mol. The lowest BCUT2D eigenvalue weighted by molar-refractivity contribution is 0.175. The van der Waals surface area contributed by atoms with Gasteiger partial charge in [0, 0.05) is 5.02 Å². The maximum atomic E-state index is 9.52. The van der Waals surface area contributed by atoms with Crippen molar-refractivity contribution in [2.24, 2.45) is 0 Å². The Bertz CT molecular complexity index is 235. The highest BCUT2D eigenvalue weighted by molar-refractivity contribution is 7.80. The highest BCUT2D eigenvalue weighted by atomic mass is 35.5. The van der Waals surface area contributed by atoms with Crippen LogP contribution in [0.2, 0.25) is 5.02 Å². The van der Waals surface area contributed by atoms with E-state index in [0.29, 0.717) is 17.2 Å². The fourth-order valence-corrected chi connectivity index (χ4v) is 1.34. The van der Waals surface area contributed by atoms with Crippen molar-refractivity contribution in [1.29, 1.82) is 0 Å². The van der Waals surface area contributed by atoms with Crippen molar-refractivity contribution in [2.45, 2.75) is 12.5 Å². The Labute approximate surface area is 82.8 Å². The summed E-state index contributed by atoms with van der Waals surface area (Å²) in [4.78, 5) is 0. The van der Waals surface area contributed by atoms with Crippen LogP contribution in [0.25, 0.3) is 0 Å². The van der Waals surface area contributed by atoms with Crippen LogP contribution in [-0.2, 0) is 0 Å². The van der Waals surface area contributed by atoms with E-state index >= 15 is 0 Å². The van der Waals surface area contributed by atoms with E-state index in [4.69, 9.17) is 11.6 Å². The van der Waals surface area contributed by atoms with E-state index in [-0.39, 0.29) is 0 Å². The van der Waals surface area contributed by atoms with Crippen LogP contribution >= 0.6 is 24.2 Å². The maximum absolute atomic E-state index is 9.52. The minimum Gasteiger partial charge on any atom is -0.388 e. The predicted molar refractivity (Wildman–Crippen MR) is 54.9 cm³/mol. The van der Waals surface area contributed by atoms with Crippen molar-refractivity contribution in [3.8, 4) is 0 Å². The Hall–Kier alpha value is -0.180. The van der Waals surface area contributed by atoms with Crippen LogP contribution in [-0.4, -0.2) is 10.9 Å². The van der Waals surface area contributed by atoms with Gasteiger partial charge >= 0.3 is 0 Å². The number of hydrogen-bond acceptors (Lipinski definition) is 2. The van der Waals surface area contributed by atoms with Crippen LogP contribution in [0.5, 0.6) is 0 Å². The Kier molecular flexibility index (Phi) is 3.92. The number of aliphatic hydroxyl groups is 1. The molecule has 3 heteroatoms. The molecule has 1 nitrogen and oxygen atoms in total. The molecule has 1 rings (SSSR count). The lowest BCUT2D eigenvalue weighted by Crippen LogP contribution is -1.97. The predicted octanol–water partition coefficient (Wildman–Crippen LogP) is 2.69. The number of thiol groups is 1. The van der Waals surface area contributed by atoms with Gasteiger partial charge in [-0.15, -0.1) is 0 Å². The van der Waals surface area contributed by atoms with Gasteiger partial charge < -0.3 is 5.11 Å². The molecule has 12 heavy (non-hydrogen) atoms. The maximum Gasteiger partial charge on any atom is 0.0797 e. The number of benzene rings is 1.